The number of rotatable bonds is 7. The third-order valence-corrected chi connectivity index (χ3v) is 6.81. The van der Waals surface area contributed by atoms with Crippen LogP contribution in [0, 0.1) is 13.8 Å². The molecular weight excluding hydrogens is 464 g/mol. The highest BCUT2D eigenvalue weighted by atomic mass is 35.5. The molecule has 3 aromatic carbocycles. The van der Waals surface area contributed by atoms with Gasteiger partial charge < -0.3 is 10.1 Å². The van der Waals surface area contributed by atoms with Crippen molar-refractivity contribution in [2.24, 2.45) is 0 Å². The number of sulfonamides is 1. The summed E-state index contributed by atoms with van der Waals surface area (Å²) >= 11 is 6.17. The van der Waals surface area contributed by atoms with Crippen LogP contribution < -0.4 is 10.0 Å². The molecule has 0 unspecified atom stereocenters. The normalized spacial score (nSPS) is 11.0. The SMILES string of the molecule is CCOC(=O)c1cccc(NC(=O)c2ccc(Cl)c(S(=O)(=O)Nc3cccc(C)c3C)c2)c1. The van der Waals surface area contributed by atoms with Gasteiger partial charge in [0.25, 0.3) is 15.9 Å². The van der Waals surface area contributed by atoms with Crippen LogP contribution in [-0.4, -0.2) is 26.9 Å². The molecule has 172 valence electrons. The fourth-order valence-corrected chi connectivity index (χ4v) is 4.70. The predicted octanol–water partition coefficient (Wildman–Crippen LogP) is 5.19. The molecule has 0 atom stereocenters. The lowest BCUT2D eigenvalue weighted by Crippen LogP contribution is -2.17. The number of aryl methyl sites for hydroxylation is 1. The topological polar surface area (TPSA) is 102 Å². The van der Waals surface area contributed by atoms with E-state index in [1.165, 1.54) is 24.3 Å². The van der Waals surface area contributed by atoms with Crippen LogP contribution in [0.3, 0.4) is 0 Å². The fourth-order valence-electron chi connectivity index (χ4n) is 3.05. The lowest BCUT2D eigenvalue weighted by Gasteiger charge is -2.14. The van der Waals surface area contributed by atoms with Crippen LogP contribution in [0.25, 0.3) is 0 Å². The number of carbonyl (C=O) groups excluding carboxylic acids is 2. The van der Waals surface area contributed by atoms with Crippen LogP contribution in [0.4, 0.5) is 11.4 Å². The molecule has 0 fully saturated rings. The Hall–Kier alpha value is -3.36. The number of esters is 1. The summed E-state index contributed by atoms with van der Waals surface area (Å²) in [6.07, 6.45) is 0. The fraction of sp³-hybridized carbons (Fsp3) is 0.167. The van der Waals surface area contributed by atoms with E-state index < -0.39 is 21.9 Å². The van der Waals surface area contributed by atoms with E-state index in [1.807, 2.05) is 19.9 Å². The van der Waals surface area contributed by atoms with Crippen LogP contribution in [0.2, 0.25) is 5.02 Å². The van der Waals surface area contributed by atoms with Gasteiger partial charge in [0.1, 0.15) is 4.90 Å². The third-order valence-electron chi connectivity index (χ3n) is 4.96. The number of anilines is 2. The molecule has 0 aromatic heterocycles. The minimum absolute atomic E-state index is 0.0198. The predicted molar refractivity (Wildman–Crippen MR) is 129 cm³/mol. The van der Waals surface area contributed by atoms with Gasteiger partial charge in [-0.15, -0.1) is 0 Å². The molecule has 7 nitrogen and oxygen atoms in total. The van der Waals surface area contributed by atoms with Crippen molar-refractivity contribution < 1.29 is 22.7 Å². The Morgan fingerprint density at radius 1 is 0.970 bits per heavy atom. The molecule has 0 bridgehead atoms. The Kier molecular flexibility index (Phi) is 7.40. The highest BCUT2D eigenvalue weighted by Gasteiger charge is 2.21. The molecule has 3 aromatic rings. The number of nitrogens with one attached hydrogen (secondary N) is 2. The number of amides is 1. The van der Waals surface area contributed by atoms with Crippen LogP contribution >= 0.6 is 11.6 Å². The van der Waals surface area contributed by atoms with Gasteiger partial charge in [-0.2, -0.15) is 0 Å². The zero-order valence-corrected chi connectivity index (χ0v) is 19.9. The molecular formula is C24H23ClN2O5S. The first kappa shape index (κ1) is 24.3. The summed E-state index contributed by atoms with van der Waals surface area (Å²) in [4.78, 5) is 24.5. The van der Waals surface area contributed by atoms with Crippen LogP contribution in [0.15, 0.2) is 65.6 Å². The van der Waals surface area contributed by atoms with Gasteiger partial charge in [0.15, 0.2) is 0 Å². The smallest absolute Gasteiger partial charge is 0.338 e. The number of halogens is 1. The zero-order chi connectivity index (χ0) is 24.2. The Morgan fingerprint density at radius 3 is 2.42 bits per heavy atom. The average molecular weight is 487 g/mol. The highest BCUT2D eigenvalue weighted by Crippen LogP contribution is 2.27. The molecule has 0 aliphatic rings. The van der Waals surface area contributed by atoms with Crippen molar-refractivity contribution >= 4 is 44.9 Å². The number of benzene rings is 3. The van der Waals surface area contributed by atoms with Crippen LogP contribution in [-0.2, 0) is 14.8 Å². The highest BCUT2D eigenvalue weighted by molar-refractivity contribution is 7.92. The second-order valence-corrected chi connectivity index (χ2v) is 9.31. The first-order valence-corrected chi connectivity index (χ1v) is 12.0. The standard InChI is InChI=1S/C24H23ClN2O5S/c1-4-32-24(29)18-8-6-9-19(13-18)26-23(28)17-11-12-20(25)22(14-17)33(30,31)27-21-10-5-7-15(2)16(21)3/h5-14,27H,4H2,1-3H3,(H,26,28). The van der Waals surface area contributed by atoms with E-state index in [1.54, 1.807) is 37.3 Å². The Morgan fingerprint density at radius 2 is 1.70 bits per heavy atom. The lowest BCUT2D eigenvalue weighted by atomic mass is 10.1. The Bertz CT molecular complexity index is 1320. The largest absolute Gasteiger partial charge is 0.462 e. The van der Waals surface area contributed by atoms with Crippen LogP contribution in [0.5, 0.6) is 0 Å². The first-order valence-electron chi connectivity index (χ1n) is 10.1. The molecule has 9 heteroatoms. The molecule has 0 aliphatic carbocycles. The van der Waals surface area contributed by atoms with E-state index in [-0.39, 0.29) is 27.7 Å². The van der Waals surface area contributed by atoms with Crippen molar-refractivity contribution in [3.63, 3.8) is 0 Å². The van der Waals surface area contributed by atoms with E-state index in [9.17, 15) is 18.0 Å². The number of hydrogen-bond acceptors (Lipinski definition) is 5. The molecule has 0 aliphatic heterocycles. The number of hydrogen-bond donors (Lipinski definition) is 2. The monoisotopic (exact) mass is 486 g/mol. The van der Waals surface area contributed by atoms with Crippen molar-refractivity contribution in [2.75, 3.05) is 16.6 Å². The number of ether oxygens (including phenoxy) is 1. The molecule has 33 heavy (non-hydrogen) atoms. The van der Waals surface area contributed by atoms with Crippen LogP contribution in [0.1, 0.15) is 38.8 Å². The van der Waals surface area contributed by atoms with E-state index in [2.05, 4.69) is 10.0 Å². The van der Waals surface area contributed by atoms with Gasteiger partial charge in [0, 0.05) is 11.3 Å². The molecule has 0 spiro atoms. The van der Waals surface area contributed by atoms with E-state index in [4.69, 9.17) is 16.3 Å². The summed E-state index contributed by atoms with van der Waals surface area (Å²) in [5.74, 6) is -1.07. The van der Waals surface area contributed by atoms with Gasteiger partial charge >= 0.3 is 5.97 Å². The quantitative estimate of drug-likeness (QED) is 0.448. The van der Waals surface area contributed by atoms with Crippen molar-refractivity contribution in [3.8, 4) is 0 Å². The molecule has 2 N–H and O–H groups in total. The van der Waals surface area contributed by atoms with Gasteiger partial charge in [-0.25, -0.2) is 13.2 Å². The summed E-state index contributed by atoms with van der Waals surface area (Å²) in [5.41, 5.74) is 2.87. The molecule has 0 heterocycles. The Balaban J connectivity index is 1.86. The number of carbonyl (C=O) groups is 2. The minimum atomic E-state index is -4.06. The van der Waals surface area contributed by atoms with Gasteiger partial charge in [0.05, 0.1) is 22.9 Å². The van der Waals surface area contributed by atoms with E-state index >= 15 is 0 Å². The third kappa shape index (κ3) is 5.71. The van der Waals surface area contributed by atoms with Crippen molar-refractivity contribution in [1.29, 1.82) is 0 Å². The van der Waals surface area contributed by atoms with Gasteiger partial charge in [-0.3, -0.25) is 9.52 Å². The molecule has 3 rings (SSSR count). The van der Waals surface area contributed by atoms with Crippen molar-refractivity contribution in [2.45, 2.75) is 25.7 Å². The maximum absolute atomic E-state index is 13.0. The van der Waals surface area contributed by atoms with Crippen molar-refractivity contribution in [1.82, 2.24) is 0 Å². The maximum Gasteiger partial charge on any atom is 0.338 e. The van der Waals surface area contributed by atoms with E-state index in [0.717, 1.165) is 11.1 Å². The first-order chi connectivity index (χ1) is 15.6. The van der Waals surface area contributed by atoms with E-state index in [0.29, 0.717) is 11.4 Å². The zero-order valence-electron chi connectivity index (χ0n) is 18.3. The average Bonchev–Trinajstić information content (AvgIpc) is 2.77. The summed E-state index contributed by atoms with van der Waals surface area (Å²) in [7, 11) is -4.06. The molecule has 0 saturated carbocycles. The second-order valence-electron chi connectivity index (χ2n) is 7.25. The molecule has 0 radical (unpaired) electrons. The summed E-state index contributed by atoms with van der Waals surface area (Å²) in [6.45, 7) is 5.61. The maximum atomic E-state index is 13.0. The minimum Gasteiger partial charge on any atom is -0.462 e. The van der Waals surface area contributed by atoms with Gasteiger partial charge in [-0.05, 0) is 74.4 Å². The van der Waals surface area contributed by atoms with Gasteiger partial charge in [0.2, 0.25) is 0 Å². The second kappa shape index (κ2) is 10.1. The molecule has 1 amide bonds. The van der Waals surface area contributed by atoms with Gasteiger partial charge in [-0.1, -0.05) is 29.8 Å². The molecule has 0 saturated heterocycles. The Labute approximate surface area is 197 Å². The summed E-state index contributed by atoms with van der Waals surface area (Å²) < 4.78 is 33.5. The lowest BCUT2D eigenvalue weighted by molar-refractivity contribution is 0.0526. The van der Waals surface area contributed by atoms with Crippen molar-refractivity contribution in [3.05, 3.63) is 87.9 Å². The summed E-state index contributed by atoms with van der Waals surface area (Å²) in [5, 5.41) is 2.64. The summed E-state index contributed by atoms with van der Waals surface area (Å²) in [6, 6.07) is 15.5.